The van der Waals surface area contributed by atoms with Gasteiger partial charge >= 0.3 is 0 Å². The predicted molar refractivity (Wildman–Crippen MR) is 75.3 cm³/mol. The van der Waals surface area contributed by atoms with Crippen molar-refractivity contribution in [1.82, 2.24) is 20.1 Å². The summed E-state index contributed by atoms with van der Waals surface area (Å²) in [6.45, 7) is 0.601. The average Bonchev–Trinajstić information content (AvgIpc) is 3.18. The van der Waals surface area contributed by atoms with Crippen LogP contribution in [0.15, 0.2) is 30.6 Å². The van der Waals surface area contributed by atoms with Gasteiger partial charge < -0.3 is 10.6 Å². The largest absolute Gasteiger partial charge is 0.378 e. The summed E-state index contributed by atoms with van der Waals surface area (Å²) in [6.07, 6.45) is 3.73. The number of anilines is 1. The first-order chi connectivity index (χ1) is 9.72. The zero-order valence-corrected chi connectivity index (χ0v) is 11.3. The van der Waals surface area contributed by atoms with Crippen LogP contribution in [-0.2, 0) is 13.6 Å². The number of hydrogen-bond acceptors (Lipinski definition) is 4. The van der Waals surface area contributed by atoms with Crippen LogP contribution in [0.3, 0.4) is 0 Å². The highest BCUT2D eigenvalue weighted by molar-refractivity contribution is 5.94. The van der Waals surface area contributed by atoms with Gasteiger partial charge in [-0.05, 0) is 37.1 Å². The fraction of sp³-hybridized carbons (Fsp3) is 0.357. The van der Waals surface area contributed by atoms with Crippen LogP contribution in [0.4, 0.5) is 5.69 Å². The fourth-order valence-corrected chi connectivity index (χ4v) is 1.90. The van der Waals surface area contributed by atoms with Crippen LogP contribution in [0.25, 0.3) is 0 Å². The Morgan fingerprint density at radius 1 is 1.35 bits per heavy atom. The van der Waals surface area contributed by atoms with Crippen LogP contribution in [0, 0.1) is 0 Å². The van der Waals surface area contributed by atoms with Crippen molar-refractivity contribution < 1.29 is 4.79 Å². The van der Waals surface area contributed by atoms with Gasteiger partial charge in [-0.15, -0.1) is 0 Å². The summed E-state index contributed by atoms with van der Waals surface area (Å²) in [6, 6.07) is 7.85. The third-order valence-electron chi connectivity index (χ3n) is 3.32. The van der Waals surface area contributed by atoms with E-state index in [1.54, 1.807) is 4.68 Å². The van der Waals surface area contributed by atoms with Gasteiger partial charge in [0.1, 0.15) is 12.2 Å². The van der Waals surface area contributed by atoms with E-state index in [1.165, 1.54) is 6.33 Å². The van der Waals surface area contributed by atoms with E-state index < -0.39 is 0 Å². The summed E-state index contributed by atoms with van der Waals surface area (Å²) >= 11 is 0. The Morgan fingerprint density at radius 3 is 2.70 bits per heavy atom. The molecule has 1 amide bonds. The van der Waals surface area contributed by atoms with Gasteiger partial charge in [0, 0.05) is 24.3 Å². The number of carbonyl (C=O) groups is 1. The van der Waals surface area contributed by atoms with Gasteiger partial charge in [-0.25, -0.2) is 4.98 Å². The molecule has 1 aliphatic carbocycles. The molecule has 104 valence electrons. The Labute approximate surface area is 117 Å². The zero-order chi connectivity index (χ0) is 13.9. The first-order valence-corrected chi connectivity index (χ1v) is 6.70. The van der Waals surface area contributed by atoms with Crippen molar-refractivity contribution in [3.05, 3.63) is 42.0 Å². The molecule has 1 aromatic heterocycles. The van der Waals surface area contributed by atoms with E-state index in [4.69, 9.17) is 0 Å². The SMILES string of the molecule is Cn1ncnc1CNc1ccc(C(=O)NC2CC2)cc1. The van der Waals surface area contributed by atoms with Gasteiger partial charge in [0.05, 0.1) is 6.54 Å². The standard InChI is InChI=1S/C14H17N5O/c1-19-13(16-9-17-19)8-15-11-4-2-10(3-5-11)14(20)18-12-6-7-12/h2-5,9,12,15H,6-8H2,1H3,(H,18,20). The third-order valence-corrected chi connectivity index (χ3v) is 3.32. The van der Waals surface area contributed by atoms with Crippen molar-refractivity contribution in [3.63, 3.8) is 0 Å². The number of aromatic nitrogens is 3. The summed E-state index contributed by atoms with van der Waals surface area (Å²) in [5.41, 5.74) is 1.65. The maximum absolute atomic E-state index is 11.8. The lowest BCUT2D eigenvalue weighted by molar-refractivity contribution is 0.0951. The topological polar surface area (TPSA) is 71.8 Å². The van der Waals surface area contributed by atoms with E-state index in [2.05, 4.69) is 20.7 Å². The molecule has 1 aromatic carbocycles. The molecular formula is C14H17N5O. The predicted octanol–water partition coefficient (Wildman–Crippen LogP) is 1.32. The normalized spacial score (nSPS) is 14.1. The average molecular weight is 271 g/mol. The van der Waals surface area contributed by atoms with Crippen LogP contribution in [-0.4, -0.2) is 26.7 Å². The van der Waals surface area contributed by atoms with E-state index in [0.29, 0.717) is 18.2 Å². The van der Waals surface area contributed by atoms with E-state index in [9.17, 15) is 4.79 Å². The lowest BCUT2D eigenvalue weighted by atomic mass is 10.2. The highest BCUT2D eigenvalue weighted by atomic mass is 16.1. The van der Waals surface area contributed by atoms with Gasteiger partial charge in [-0.1, -0.05) is 0 Å². The van der Waals surface area contributed by atoms with Gasteiger partial charge in [-0.2, -0.15) is 5.10 Å². The van der Waals surface area contributed by atoms with Gasteiger partial charge in [0.15, 0.2) is 0 Å². The zero-order valence-electron chi connectivity index (χ0n) is 11.3. The molecule has 3 rings (SSSR count). The van der Waals surface area contributed by atoms with Crippen molar-refractivity contribution >= 4 is 11.6 Å². The summed E-state index contributed by atoms with van der Waals surface area (Å²) in [4.78, 5) is 16.0. The number of rotatable bonds is 5. The number of nitrogens with one attached hydrogen (secondary N) is 2. The maximum Gasteiger partial charge on any atom is 0.251 e. The summed E-state index contributed by atoms with van der Waals surface area (Å²) in [5.74, 6) is 0.868. The van der Waals surface area contributed by atoms with Crippen molar-refractivity contribution in [1.29, 1.82) is 0 Å². The molecule has 0 atom stereocenters. The summed E-state index contributed by atoms with van der Waals surface area (Å²) < 4.78 is 1.73. The molecule has 0 aliphatic heterocycles. The molecule has 0 radical (unpaired) electrons. The third kappa shape index (κ3) is 2.96. The van der Waals surface area contributed by atoms with Crippen molar-refractivity contribution in [2.45, 2.75) is 25.4 Å². The van der Waals surface area contributed by atoms with Crippen molar-refractivity contribution in [2.75, 3.05) is 5.32 Å². The Balaban J connectivity index is 1.58. The number of benzene rings is 1. The molecule has 1 saturated carbocycles. The molecule has 0 unspecified atom stereocenters. The first kappa shape index (κ1) is 12.7. The molecule has 1 fully saturated rings. The number of hydrogen-bond donors (Lipinski definition) is 2. The molecule has 6 heteroatoms. The molecule has 6 nitrogen and oxygen atoms in total. The smallest absolute Gasteiger partial charge is 0.251 e. The highest BCUT2D eigenvalue weighted by Crippen LogP contribution is 2.19. The van der Waals surface area contributed by atoms with Crippen LogP contribution >= 0.6 is 0 Å². The quantitative estimate of drug-likeness (QED) is 0.860. The van der Waals surface area contributed by atoms with Crippen LogP contribution < -0.4 is 10.6 Å². The number of carbonyl (C=O) groups excluding carboxylic acids is 1. The Bertz CT molecular complexity index is 600. The fourth-order valence-electron chi connectivity index (χ4n) is 1.90. The van der Waals surface area contributed by atoms with E-state index >= 15 is 0 Å². The number of aryl methyl sites for hydroxylation is 1. The van der Waals surface area contributed by atoms with Crippen LogP contribution in [0.5, 0.6) is 0 Å². The Hall–Kier alpha value is -2.37. The van der Waals surface area contributed by atoms with E-state index in [-0.39, 0.29) is 5.91 Å². The summed E-state index contributed by atoms with van der Waals surface area (Å²) in [7, 11) is 1.86. The minimum absolute atomic E-state index is 0.00681. The molecule has 1 heterocycles. The lowest BCUT2D eigenvalue weighted by Crippen LogP contribution is -2.25. The molecule has 2 aromatic rings. The molecule has 20 heavy (non-hydrogen) atoms. The molecule has 0 saturated heterocycles. The lowest BCUT2D eigenvalue weighted by Gasteiger charge is -2.07. The van der Waals surface area contributed by atoms with Crippen molar-refractivity contribution in [2.24, 2.45) is 7.05 Å². The van der Waals surface area contributed by atoms with Crippen molar-refractivity contribution in [3.8, 4) is 0 Å². The first-order valence-electron chi connectivity index (χ1n) is 6.70. The second-order valence-corrected chi connectivity index (χ2v) is 4.98. The number of amides is 1. The van der Waals surface area contributed by atoms with Gasteiger partial charge in [0.25, 0.3) is 5.91 Å². The molecule has 1 aliphatic rings. The second kappa shape index (κ2) is 5.32. The van der Waals surface area contributed by atoms with Crippen LogP contribution in [0.1, 0.15) is 29.0 Å². The highest BCUT2D eigenvalue weighted by Gasteiger charge is 2.23. The molecule has 0 bridgehead atoms. The molecule has 0 spiro atoms. The minimum Gasteiger partial charge on any atom is -0.378 e. The monoisotopic (exact) mass is 271 g/mol. The second-order valence-electron chi connectivity index (χ2n) is 4.98. The number of nitrogens with zero attached hydrogens (tertiary/aromatic N) is 3. The molecule has 2 N–H and O–H groups in total. The van der Waals surface area contributed by atoms with E-state index in [1.807, 2.05) is 31.3 Å². The summed E-state index contributed by atoms with van der Waals surface area (Å²) in [5, 5.41) is 10.2. The Kier molecular flexibility index (Phi) is 3.37. The minimum atomic E-state index is 0.00681. The van der Waals surface area contributed by atoms with Gasteiger partial charge in [0.2, 0.25) is 0 Å². The Morgan fingerprint density at radius 2 is 2.10 bits per heavy atom. The maximum atomic E-state index is 11.8. The molecular weight excluding hydrogens is 254 g/mol. The van der Waals surface area contributed by atoms with Gasteiger partial charge in [-0.3, -0.25) is 9.48 Å². The van der Waals surface area contributed by atoms with E-state index in [0.717, 1.165) is 24.4 Å². The van der Waals surface area contributed by atoms with Crippen LogP contribution in [0.2, 0.25) is 0 Å².